The largest absolute Gasteiger partial charge is 0.507 e. The first-order valence-corrected chi connectivity index (χ1v) is 12.8. The van der Waals surface area contributed by atoms with E-state index in [4.69, 9.17) is 4.74 Å². The number of alkyl halides is 1. The number of piperidine rings is 2. The van der Waals surface area contributed by atoms with Crippen LogP contribution in [0, 0.1) is 5.95 Å². The molecule has 3 fully saturated rings. The smallest absolute Gasteiger partial charge is 0.255 e. The van der Waals surface area contributed by atoms with Crippen LogP contribution in [-0.2, 0) is 0 Å². The molecule has 2 saturated heterocycles. The topological polar surface area (TPSA) is 96.3 Å². The summed E-state index contributed by atoms with van der Waals surface area (Å²) in [7, 11) is 1.37. The van der Waals surface area contributed by atoms with Gasteiger partial charge in [-0.15, -0.1) is 10.2 Å². The van der Waals surface area contributed by atoms with E-state index < -0.39 is 17.7 Å². The zero-order chi connectivity index (χ0) is 25.7. The van der Waals surface area contributed by atoms with E-state index in [9.17, 15) is 9.50 Å². The summed E-state index contributed by atoms with van der Waals surface area (Å²) < 4.78 is 34.5. The molecule has 0 unspecified atom stereocenters. The predicted octanol–water partition coefficient (Wildman–Crippen LogP) is 4.43. The Morgan fingerprint density at radius 1 is 1.11 bits per heavy atom. The fraction of sp³-hybridized carbons (Fsp3) is 0.481. The summed E-state index contributed by atoms with van der Waals surface area (Å²) in [5.74, 6) is 0.115. The zero-order valence-electron chi connectivity index (χ0n) is 20.9. The summed E-state index contributed by atoms with van der Waals surface area (Å²) in [6.45, 7) is 2.00. The number of anilines is 1. The Morgan fingerprint density at radius 2 is 1.95 bits per heavy atom. The van der Waals surface area contributed by atoms with E-state index >= 15 is 4.39 Å². The summed E-state index contributed by atoms with van der Waals surface area (Å²) >= 11 is 0. The van der Waals surface area contributed by atoms with E-state index in [0.717, 1.165) is 38.5 Å². The van der Waals surface area contributed by atoms with Gasteiger partial charge >= 0.3 is 0 Å². The second-order valence-corrected chi connectivity index (χ2v) is 10.6. The van der Waals surface area contributed by atoms with Crippen LogP contribution in [-0.4, -0.2) is 62.2 Å². The van der Waals surface area contributed by atoms with Gasteiger partial charge in [0.15, 0.2) is 17.4 Å². The maximum atomic E-state index is 15.8. The SMILES string of the molecule is COc1cc(-c2ccc(-c3ncc(N(C4CC4)[C@H]4C[C@@H]5CCC[C@@](C)(N5)[C@H]4F)nn3)c(O)c2)cnc1F. The fourth-order valence-electron chi connectivity index (χ4n) is 5.93. The van der Waals surface area contributed by atoms with Crippen molar-refractivity contribution in [3.8, 4) is 34.0 Å². The second kappa shape index (κ2) is 9.16. The lowest BCUT2D eigenvalue weighted by molar-refractivity contribution is 0.0385. The van der Waals surface area contributed by atoms with Crippen molar-refractivity contribution in [2.75, 3.05) is 12.0 Å². The van der Waals surface area contributed by atoms with Crippen LogP contribution >= 0.6 is 0 Å². The molecule has 0 spiro atoms. The van der Waals surface area contributed by atoms with Gasteiger partial charge in [-0.3, -0.25) is 0 Å². The van der Waals surface area contributed by atoms with E-state index in [2.05, 4.69) is 30.4 Å². The molecule has 1 saturated carbocycles. The molecule has 1 aromatic carbocycles. The Kier molecular flexibility index (Phi) is 5.94. The third kappa shape index (κ3) is 4.37. The molecule has 6 rings (SSSR count). The number of hydrogen-bond acceptors (Lipinski definition) is 8. The first-order valence-electron chi connectivity index (χ1n) is 12.8. The molecule has 4 atom stereocenters. The van der Waals surface area contributed by atoms with Gasteiger partial charge < -0.3 is 20.1 Å². The highest BCUT2D eigenvalue weighted by molar-refractivity contribution is 5.73. The number of halogens is 2. The summed E-state index contributed by atoms with van der Waals surface area (Å²) in [6.07, 6.45) is 7.70. The average Bonchev–Trinajstić information content (AvgIpc) is 3.73. The Morgan fingerprint density at radius 3 is 2.65 bits per heavy atom. The van der Waals surface area contributed by atoms with Crippen molar-refractivity contribution in [3.63, 3.8) is 0 Å². The molecule has 8 nitrogen and oxygen atoms in total. The van der Waals surface area contributed by atoms with Gasteiger partial charge in [-0.1, -0.05) is 6.07 Å². The summed E-state index contributed by atoms with van der Waals surface area (Å²) in [6, 6.07) is 6.80. The summed E-state index contributed by atoms with van der Waals surface area (Å²) in [5.41, 5.74) is 1.12. The number of aromatic hydroxyl groups is 1. The normalized spacial score (nSPS) is 27.1. The lowest BCUT2D eigenvalue weighted by Crippen LogP contribution is -2.69. The first-order chi connectivity index (χ1) is 17.9. The monoisotopic (exact) mass is 508 g/mol. The number of hydrogen-bond donors (Lipinski definition) is 2. The first kappa shape index (κ1) is 24.0. The highest BCUT2D eigenvalue weighted by Gasteiger charge is 2.52. The number of pyridine rings is 1. The highest BCUT2D eigenvalue weighted by atomic mass is 19.1. The van der Waals surface area contributed by atoms with Gasteiger partial charge in [-0.25, -0.2) is 14.4 Å². The van der Waals surface area contributed by atoms with Gasteiger partial charge in [-0.05, 0) is 69.2 Å². The van der Waals surface area contributed by atoms with E-state index in [1.807, 2.05) is 6.92 Å². The predicted molar refractivity (Wildman–Crippen MR) is 135 cm³/mol. The quantitative estimate of drug-likeness (QED) is 0.472. The number of benzene rings is 1. The van der Waals surface area contributed by atoms with Gasteiger partial charge in [-0.2, -0.15) is 4.39 Å². The van der Waals surface area contributed by atoms with E-state index in [1.165, 1.54) is 19.4 Å². The second-order valence-electron chi connectivity index (χ2n) is 10.6. The number of ether oxygens (including phenoxy) is 1. The molecule has 4 heterocycles. The van der Waals surface area contributed by atoms with Crippen LogP contribution in [0.4, 0.5) is 14.6 Å². The van der Waals surface area contributed by atoms with Crippen molar-refractivity contribution in [2.24, 2.45) is 0 Å². The molecule has 2 aromatic heterocycles. The number of fused-ring (bicyclic) bond motifs is 2. The standard InChI is InChI=1S/C27H30F2N6O2/c1-27-9-3-4-17(32-27)12-20(24(27)28)35(18-6-7-18)23-14-31-26(34-33-23)19-8-5-15(10-21(19)36)16-11-22(37-2)25(29)30-13-16/h5,8,10-11,13-14,17-18,20,24,32,36H,3-4,6-7,9,12H2,1-2H3/t17-,20-,24-,27+/m0/s1. The maximum Gasteiger partial charge on any atom is 0.255 e. The molecule has 0 amide bonds. The van der Waals surface area contributed by atoms with E-state index in [0.29, 0.717) is 28.6 Å². The van der Waals surface area contributed by atoms with E-state index in [1.54, 1.807) is 24.4 Å². The molecule has 0 radical (unpaired) electrons. The minimum atomic E-state index is -1.01. The van der Waals surface area contributed by atoms with Crippen LogP contribution in [0.2, 0.25) is 0 Å². The number of nitrogens with one attached hydrogen (secondary N) is 1. The Bertz CT molecular complexity index is 1300. The number of rotatable bonds is 6. The van der Waals surface area contributed by atoms with Crippen LogP contribution < -0.4 is 15.0 Å². The molecule has 2 aliphatic heterocycles. The molecule has 10 heteroatoms. The van der Waals surface area contributed by atoms with Gasteiger partial charge in [0, 0.05) is 29.4 Å². The molecule has 37 heavy (non-hydrogen) atoms. The number of aromatic nitrogens is 4. The van der Waals surface area contributed by atoms with Gasteiger partial charge in [0.2, 0.25) is 0 Å². The van der Waals surface area contributed by atoms with Crippen molar-refractivity contribution in [2.45, 2.75) is 75.3 Å². The molecule has 2 bridgehead atoms. The van der Waals surface area contributed by atoms with Crippen LogP contribution in [0.1, 0.15) is 45.4 Å². The van der Waals surface area contributed by atoms with Gasteiger partial charge in [0.25, 0.3) is 5.95 Å². The zero-order valence-corrected chi connectivity index (χ0v) is 20.9. The molecule has 194 valence electrons. The van der Waals surface area contributed by atoms with Gasteiger partial charge in [0.1, 0.15) is 11.9 Å². The third-order valence-electron chi connectivity index (χ3n) is 7.97. The van der Waals surface area contributed by atoms with Crippen LogP contribution in [0.5, 0.6) is 11.5 Å². The van der Waals surface area contributed by atoms with Crippen molar-refractivity contribution in [1.82, 2.24) is 25.5 Å². The van der Waals surface area contributed by atoms with Crippen LogP contribution in [0.3, 0.4) is 0 Å². The number of phenols is 1. The number of phenolic OH excluding ortho intramolecular Hbond substituents is 1. The van der Waals surface area contributed by atoms with Crippen molar-refractivity contribution < 1.29 is 18.6 Å². The number of methoxy groups -OCH3 is 1. The Balaban J connectivity index is 1.26. The van der Waals surface area contributed by atoms with Gasteiger partial charge in [0.05, 0.1) is 24.9 Å². The lowest BCUT2D eigenvalue weighted by atomic mass is 9.73. The molecule has 3 aromatic rings. The van der Waals surface area contributed by atoms with Crippen LogP contribution in [0.25, 0.3) is 22.5 Å². The Hall–Kier alpha value is -3.40. The summed E-state index contributed by atoms with van der Waals surface area (Å²) in [4.78, 5) is 10.3. The third-order valence-corrected chi connectivity index (χ3v) is 7.97. The molecule has 3 aliphatic rings. The van der Waals surface area contributed by atoms with Crippen molar-refractivity contribution >= 4 is 5.82 Å². The number of nitrogens with zero attached hydrogens (tertiary/aromatic N) is 5. The molecule has 1 aliphatic carbocycles. The van der Waals surface area contributed by atoms with E-state index in [-0.39, 0.29) is 29.4 Å². The lowest BCUT2D eigenvalue weighted by Gasteiger charge is -2.52. The van der Waals surface area contributed by atoms with Crippen molar-refractivity contribution in [1.29, 1.82) is 0 Å². The molecule has 2 N–H and O–H groups in total. The van der Waals surface area contributed by atoms with Crippen LogP contribution in [0.15, 0.2) is 36.7 Å². The Labute approximate surface area is 214 Å². The fourth-order valence-corrected chi connectivity index (χ4v) is 5.93. The van der Waals surface area contributed by atoms with Crippen molar-refractivity contribution in [3.05, 3.63) is 42.6 Å². The average molecular weight is 509 g/mol. The minimum absolute atomic E-state index is 0.0197. The maximum absolute atomic E-state index is 15.8. The summed E-state index contributed by atoms with van der Waals surface area (Å²) in [5, 5.41) is 23.0. The minimum Gasteiger partial charge on any atom is -0.507 e. The highest BCUT2D eigenvalue weighted by Crippen LogP contribution is 2.43. The molecular formula is C27H30F2N6O2. The molecular weight excluding hydrogens is 478 g/mol.